The number of piperidine rings is 1. The van der Waals surface area contributed by atoms with Crippen molar-refractivity contribution in [2.24, 2.45) is 5.92 Å². The van der Waals surface area contributed by atoms with E-state index in [-0.39, 0.29) is 34.1 Å². The number of aromatic nitrogens is 1. The molecular formula is C12H18N2O5S2. The second kappa shape index (κ2) is 6.29. The summed E-state index contributed by atoms with van der Waals surface area (Å²) < 4.78 is 31.3. The maximum atomic E-state index is 12.5. The molecule has 0 radical (unpaired) electrons. The highest BCUT2D eigenvalue weighted by Gasteiger charge is 2.34. The van der Waals surface area contributed by atoms with E-state index in [1.807, 2.05) is 0 Å². The summed E-state index contributed by atoms with van der Waals surface area (Å²) in [4.78, 5) is 25.0. The monoisotopic (exact) mass is 334 g/mol. The predicted molar refractivity (Wildman–Crippen MR) is 77.8 cm³/mol. The van der Waals surface area contributed by atoms with E-state index < -0.39 is 10.0 Å². The van der Waals surface area contributed by atoms with E-state index in [0.717, 1.165) is 0 Å². The minimum absolute atomic E-state index is 0.0575. The molecule has 0 atom stereocenters. The third-order valence-corrected chi connectivity index (χ3v) is 6.91. The fourth-order valence-electron chi connectivity index (χ4n) is 2.35. The predicted octanol–water partition coefficient (Wildman–Crippen LogP) is 0.709. The first-order valence-corrected chi connectivity index (χ1v) is 8.98. The molecule has 0 saturated carbocycles. The SMILES string of the molecule is CCOC(=O)C1CCN(S(=O)(=O)c2sc(=O)[nH]c2C)CC1. The molecule has 0 bridgehead atoms. The Hall–Kier alpha value is -1.19. The lowest BCUT2D eigenvalue weighted by Crippen LogP contribution is -2.40. The van der Waals surface area contributed by atoms with Gasteiger partial charge in [0.15, 0.2) is 4.21 Å². The van der Waals surface area contributed by atoms with Crippen LogP contribution >= 0.6 is 11.3 Å². The highest BCUT2D eigenvalue weighted by Crippen LogP contribution is 2.26. The van der Waals surface area contributed by atoms with Gasteiger partial charge in [-0.25, -0.2) is 8.42 Å². The lowest BCUT2D eigenvalue weighted by atomic mass is 9.98. The Morgan fingerprint density at radius 3 is 2.52 bits per heavy atom. The molecule has 1 N–H and O–H groups in total. The van der Waals surface area contributed by atoms with Gasteiger partial charge in [0.2, 0.25) is 0 Å². The van der Waals surface area contributed by atoms with Crippen molar-refractivity contribution in [2.45, 2.75) is 30.9 Å². The molecule has 118 valence electrons. The fraction of sp³-hybridized carbons (Fsp3) is 0.667. The van der Waals surface area contributed by atoms with Gasteiger partial charge < -0.3 is 9.72 Å². The molecule has 1 aromatic heterocycles. The van der Waals surface area contributed by atoms with E-state index in [1.54, 1.807) is 13.8 Å². The Labute approximate surface area is 127 Å². The van der Waals surface area contributed by atoms with Crippen LogP contribution in [0.15, 0.2) is 9.00 Å². The zero-order valence-electron chi connectivity index (χ0n) is 11.9. The zero-order valence-corrected chi connectivity index (χ0v) is 13.6. The smallest absolute Gasteiger partial charge is 0.309 e. The number of sulfonamides is 1. The van der Waals surface area contributed by atoms with Crippen LogP contribution in [0.4, 0.5) is 0 Å². The lowest BCUT2D eigenvalue weighted by Gasteiger charge is -2.29. The second-order valence-electron chi connectivity index (χ2n) is 4.86. The summed E-state index contributed by atoms with van der Waals surface area (Å²) in [5, 5.41) is 0. The van der Waals surface area contributed by atoms with Crippen molar-refractivity contribution in [1.29, 1.82) is 0 Å². The highest BCUT2D eigenvalue weighted by atomic mass is 32.2. The van der Waals surface area contributed by atoms with Crippen LogP contribution in [0.5, 0.6) is 0 Å². The fourth-order valence-corrected chi connectivity index (χ4v) is 5.25. The van der Waals surface area contributed by atoms with Gasteiger partial charge in [-0.05, 0) is 26.7 Å². The van der Waals surface area contributed by atoms with Crippen molar-refractivity contribution in [2.75, 3.05) is 19.7 Å². The van der Waals surface area contributed by atoms with E-state index in [9.17, 15) is 18.0 Å². The summed E-state index contributed by atoms with van der Waals surface area (Å²) in [6.07, 6.45) is 0.882. The summed E-state index contributed by atoms with van der Waals surface area (Å²) in [5.41, 5.74) is 0.359. The summed E-state index contributed by atoms with van der Waals surface area (Å²) in [6.45, 7) is 4.16. The van der Waals surface area contributed by atoms with Gasteiger partial charge in [0, 0.05) is 18.8 Å². The maximum Gasteiger partial charge on any atom is 0.309 e. The van der Waals surface area contributed by atoms with Crippen molar-refractivity contribution < 1.29 is 17.9 Å². The molecule has 7 nitrogen and oxygen atoms in total. The summed E-state index contributed by atoms with van der Waals surface area (Å²) in [5.74, 6) is -0.514. The quantitative estimate of drug-likeness (QED) is 0.818. The first-order valence-electron chi connectivity index (χ1n) is 6.72. The first-order chi connectivity index (χ1) is 9.86. The molecule has 0 amide bonds. The van der Waals surface area contributed by atoms with E-state index in [0.29, 0.717) is 36.5 Å². The molecule has 0 aliphatic carbocycles. The van der Waals surface area contributed by atoms with E-state index in [4.69, 9.17) is 4.74 Å². The van der Waals surface area contributed by atoms with Crippen LogP contribution in [0.1, 0.15) is 25.5 Å². The van der Waals surface area contributed by atoms with Crippen molar-refractivity contribution >= 4 is 27.3 Å². The number of esters is 1. The van der Waals surface area contributed by atoms with Gasteiger partial charge in [-0.3, -0.25) is 9.59 Å². The van der Waals surface area contributed by atoms with E-state index in [1.165, 1.54) is 4.31 Å². The molecule has 0 unspecified atom stereocenters. The normalized spacial score (nSPS) is 17.8. The number of thiazole rings is 1. The Morgan fingerprint density at radius 2 is 2.05 bits per heavy atom. The zero-order chi connectivity index (χ0) is 15.6. The number of aromatic amines is 1. The number of carbonyl (C=O) groups is 1. The lowest BCUT2D eigenvalue weighted by molar-refractivity contribution is -0.149. The molecule has 0 spiro atoms. The minimum atomic E-state index is -3.66. The molecule has 2 rings (SSSR count). The average molecular weight is 334 g/mol. The summed E-state index contributed by atoms with van der Waals surface area (Å²) >= 11 is 0.698. The van der Waals surface area contributed by atoms with Crippen molar-refractivity contribution in [3.63, 3.8) is 0 Å². The van der Waals surface area contributed by atoms with Crippen LogP contribution in [-0.2, 0) is 19.6 Å². The van der Waals surface area contributed by atoms with Crippen LogP contribution < -0.4 is 4.87 Å². The number of H-pyrrole nitrogens is 1. The van der Waals surface area contributed by atoms with Gasteiger partial charge in [-0.2, -0.15) is 4.31 Å². The number of nitrogens with one attached hydrogen (secondary N) is 1. The molecule has 1 aromatic rings. The van der Waals surface area contributed by atoms with Gasteiger partial charge in [-0.1, -0.05) is 11.3 Å². The van der Waals surface area contributed by atoms with Gasteiger partial charge in [0.05, 0.1) is 12.5 Å². The Morgan fingerprint density at radius 1 is 1.43 bits per heavy atom. The van der Waals surface area contributed by atoms with E-state index in [2.05, 4.69) is 4.98 Å². The van der Waals surface area contributed by atoms with Crippen LogP contribution in [-0.4, -0.2) is 43.4 Å². The average Bonchev–Trinajstić information content (AvgIpc) is 2.79. The molecule has 1 aliphatic heterocycles. The number of ether oxygens (including phenoxy) is 1. The third kappa shape index (κ3) is 3.35. The number of nitrogens with zero attached hydrogens (tertiary/aromatic N) is 1. The summed E-state index contributed by atoms with van der Waals surface area (Å²) in [7, 11) is -3.66. The molecule has 0 aromatic carbocycles. The molecule has 1 fully saturated rings. The molecule has 1 aliphatic rings. The van der Waals surface area contributed by atoms with Gasteiger partial charge in [0.25, 0.3) is 10.0 Å². The number of carbonyl (C=O) groups excluding carboxylic acids is 1. The number of hydrogen-bond donors (Lipinski definition) is 1. The molecule has 2 heterocycles. The molecule has 9 heteroatoms. The van der Waals surface area contributed by atoms with Crippen LogP contribution in [0.2, 0.25) is 0 Å². The molecule has 1 saturated heterocycles. The van der Waals surface area contributed by atoms with E-state index >= 15 is 0 Å². The van der Waals surface area contributed by atoms with Gasteiger partial charge in [-0.15, -0.1) is 0 Å². The standard InChI is InChI=1S/C12H18N2O5S2/c1-3-19-10(15)9-4-6-14(7-5-9)21(17,18)11-8(2)13-12(16)20-11/h9H,3-7H2,1-2H3,(H,13,16). The van der Waals surface area contributed by atoms with Crippen molar-refractivity contribution in [3.05, 3.63) is 15.4 Å². The molecular weight excluding hydrogens is 316 g/mol. The largest absolute Gasteiger partial charge is 0.466 e. The van der Waals surface area contributed by atoms with Crippen molar-refractivity contribution in [3.8, 4) is 0 Å². The van der Waals surface area contributed by atoms with Gasteiger partial charge in [0.1, 0.15) is 0 Å². The second-order valence-corrected chi connectivity index (χ2v) is 7.97. The Bertz CT molecular complexity index is 668. The molecule has 21 heavy (non-hydrogen) atoms. The van der Waals surface area contributed by atoms with Gasteiger partial charge >= 0.3 is 10.8 Å². The van der Waals surface area contributed by atoms with Crippen molar-refractivity contribution in [1.82, 2.24) is 9.29 Å². The Balaban J connectivity index is 2.10. The number of hydrogen-bond acceptors (Lipinski definition) is 6. The van der Waals surface area contributed by atoms with Crippen LogP contribution in [0.3, 0.4) is 0 Å². The topological polar surface area (TPSA) is 96.5 Å². The first kappa shape index (κ1) is 16.2. The summed E-state index contributed by atoms with van der Waals surface area (Å²) in [6, 6.07) is 0. The Kier molecular flexibility index (Phi) is 4.84. The number of aryl methyl sites for hydroxylation is 1. The minimum Gasteiger partial charge on any atom is -0.466 e. The van der Waals surface area contributed by atoms with Crippen LogP contribution in [0, 0.1) is 12.8 Å². The van der Waals surface area contributed by atoms with Crippen LogP contribution in [0.25, 0.3) is 0 Å². The maximum absolute atomic E-state index is 12.5. The highest BCUT2D eigenvalue weighted by molar-refractivity contribution is 7.91. The number of rotatable bonds is 4. The third-order valence-electron chi connectivity index (χ3n) is 3.43.